The highest BCUT2D eigenvalue weighted by atomic mass is 16.3. The fraction of sp³-hybridized carbons (Fsp3) is 0.333. The van der Waals surface area contributed by atoms with Crippen LogP contribution in [0, 0.1) is 12.3 Å². The summed E-state index contributed by atoms with van der Waals surface area (Å²) in [5.41, 5.74) is 1.60. The van der Waals surface area contributed by atoms with E-state index in [1.165, 1.54) is 12.3 Å². The molecule has 0 unspecified atom stereocenters. The van der Waals surface area contributed by atoms with Gasteiger partial charge in [-0.3, -0.25) is 9.59 Å². The fourth-order valence-electron chi connectivity index (χ4n) is 2.50. The van der Waals surface area contributed by atoms with Crippen LogP contribution in [0.3, 0.4) is 0 Å². The van der Waals surface area contributed by atoms with Crippen molar-refractivity contribution in [1.82, 2.24) is 0 Å². The zero-order chi connectivity index (χ0) is 16.3. The average molecular weight is 299 g/mol. The SMILES string of the molecule is Cc1ccc(N/C=C\C(O)=C2C(=O)CC(C)(C)CC2=O)cc1. The maximum Gasteiger partial charge on any atom is 0.170 e. The van der Waals surface area contributed by atoms with Crippen molar-refractivity contribution in [3.05, 3.63) is 53.4 Å². The number of allylic oxidation sites excluding steroid dienone is 2. The number of carbonyl (C=O) groups excluding carboxylic acids is 2. The van der Waals surface area contributed by atoms with E-state index in [0.717, 1.165) is 11.3 Å². The molecule has 22 heavy (non-hydrogen) atoms. The van der Waals surface area contributed by atoms with E-state index in [2.05, 4.69) is 5.32 Å². The van der Waals surface area contributed by atoms with Crippen LogP contribution in [0.1, 0.15) is 32.3 Å². The molecule has 0 bridgehead atoms. The van der Waals surface area contributed by atoms with Crippen molar-refractivity contribution in [2.24, 2.45) is 5.41 Å². The maximum absolute atomic E-state index is 12.0. The lowest BCUT2D eigenvalue weighted by Crippen LogP contribution is -2.32. The van der Waals surface area contributed by atoms with Gasteiger partial charge in [-0.15, -0.1) is 0 Å². The predicted octanol–water partition coefficient (Wildman–Crippen LogP) is 3.69. The van der Waals surface area contributed by atoms with Gasteiger partial charge in [-0.1, -0.05) is 31.5 Å². The Kier molecular flexibility index (Phi) is 4.50. The molecule has 0 heterocycles. The third-order valence-electron chi connectivity index (χ3n) is 3.63. The van der Waals surface area contributed by atoms with Crippen LogP contribution in [0.15, 0.2) is 47.9 Å². The Morgan fingerprint density at radius 2 is 1.68 bits per heavy atom. The molecule has 0 aromatic heterocycles. The molecule has 1 fully saturated rings. The minimum Gasteiger partial charge on any atom is -0.507 e. The van der Waals surface area contributed by atoms with Crippen molar-refractivity contribution >= 4 is 17.3 Å². The van der Waals surface area contributed by atoms with Crippen molar-refractivity contribution < 1.29 is 14.7 Å². The van der Waals surface area contributed by atoms with Gasteiger partial charge in [-0.2, -0.15) is 0 Å². The topological polar surface area (TPSA) is 66.4 Å². The predicted molar refractivity (Wildman–Crippen MR) is 86.6 cm³/mol. The summed E-state index contributed by atoms with van der Waals surface area (Å²) in [5, 5.41) is 13.0. The lowest BCUT2D eigenvalue weighted by atomic mass is 9.74. The Morgan fingerprint density at radius 1 is 1.14 bits per heavy atom. The second-order valence-corrected chi connectivity index (χ2v) is 6.47. The standard InChI is InChI=1S/C18H21NO3/c1-12-4-6-13(7-5-12)19-9-8-14(20)17-15(21)10-18(2,3)11-16(17)22/h4-9,19-20H,10-11H2,1-3H3/b9-8-. The van der Waals surface area contributed by atoms with Crippen molar-refractivity contribution in [3.8, 4) is 0 Å². The van der Waals surface area contributed by atoms with Crippen LogP contribution in [-0.2, 0) is 9.59 Å². The molecule has 1 aliphatic rings. The molecular weight excluding hydrogens is 278 g/mol. The van der Waals surface area contributed by atoms with Crippen LogP contribution in [0.25, 0.3) is 0 Å². The van der Waals surface area contributed by atoms with Crippen LogP contribution in [-0.4, -0.2) is 16.7 Å². The van der Waals surface area contributed by atoms with E-state index in [1.807, 2.05) is 45.0 Å². The molecule has 0 saturated heterocycles. The number of aliphatic hydroxyl groups excluding tert-OH is 1. The van der Waals surface area contributed by atoms with Crippen molar-refractivity contribution in [2.75, 3.05) is 5.32 Å². The number of aliphatic hydroxyl groups is 1. The minimum absolute atomic E-state index is 0.0821. The van der Waals surface area contributed by atoms with Gasteiger partial charge < -0.3 is 10.4 Å². The number of hydrogen-bond donors (Lipinski definition) is 2. The van der Waals surface area contributed by atoms with Crippen LogP contribution in [0.2, 0.25) is 0 Å². The number of carbonyl (C=O) groups is 2. The number of Topliss-reactive ketones (excluding diaryl/α,β-unsaturated/α-hetero) is 2. The monoisotopic (exact) mass is 299 g/mol. The smallest absolute Gasteiger partial charge is 0.170 e. The number of anilines is 1. The van der Waals surface area contributed by atoms with E-state index in [1.54, 1.807) is 0 Å². The summed E-state index contributed by atoms with van der Waals surface area (Å²) >= 11 is 0. The average Bonchev–Trinajstić information content (AvgIpc) is 2.38. The number of ketones is 2. The molecule has 2 N–H and O–H groups in total. The summed E-state index contributed by atoms with van der Waals surface area (Å²) in [4.78, 5) is 24.1. The Hall–Kier alpha value is -2.36. The molecule has 4 heteroatoms. The summed E-state index contributed by atoms with van der Waals surface area (Å²) in [7, 11) is 0. The van der Waals surface area contributed by atoms with Crippen LogP contribution < -0.4 is 5.32 Å². The molecule has 1 saturated carbocycles. The molecule has 1 aromatic rings. The van der Waals surface area contributed by atoms with E-state index >= 15 is 0 Å². The molecule has 2 rings (SSSR count). The van der Waals surface area contributed by atoms with E-state index < -0.39 is 0 Å². The first-order valence-electron chi connectivity index (χ1n) is 7.28. The first kappa shape index (κ1) is 16.0. The zero-order valence-electron chi connectivity index (χ0n) is 13.1. The number of hydrogen-bond acceptors (Lipinski definition) is 4. The molecular formula is C18H21NO3. The quantitative estimate of drug-likeness (QED) is 0.507. The number of nitrogens with one attached hydrogen (secondary N) is 1. The molecule has 1 aromatic carbocycles. The van der Waals surface area contributed by atoms with Gasteiger partial charge in [0.1, 0.15) is 11.3 Å². The fourth-order valence-corrected chi connectivity index (χ4v) is 2.50. The normalized spacial score (nSPS) is 17.9. The Labute approximate surface area is 130 Å². The molecule has 0 radical (unpaired) electrons. The third-order valence-corrected chi connectivity index (χ3v) is 3.63. The van der Waals surface area contributed by atoms with Gasteiger partial charge in [0, 0.05) is 24.7 Å². The van der Waals surface area contributed by atoms with Crippen LogP contribution in [0.4, 0.5) is 5.69 Å². The summed E-state index contributed by atoms with van der Waals surface area (Å²) < 4.78 is 0. The summed E-state index contributed by atoms with van der Waals surface area (Å²) in [6, 6.07) is 7.74. The highest BCUT2D eigenvalue weighted by Gasteiger charge is 2.37. The highest BCUT2D eigenvalue weighted by Crippen LogP contribution is 2.34. The highest BCUT2D eigenvalue weighted by molar-refractivity contribution is 6.22. The number of benzene rings is 1. The summed E-state index contributed by atoms with van der Waals surface area (Å²) in [5.74, 6) is -0.859. The summed E-state index contributed by atoms with van der Waals surface area (Å²) in [6.07, 6.45) is 3.42. The number of aryl methyl sites for hydroxylation is 1. The van der Waals surface area contributed by atoms with Gasteiger partial charge in [0.05, 0.1) is 0 Å². The van der Waals surface area contributed by atoms with Crippen molar-refractivity contribution in [1.29, 1.82) is 0 Å². The van der Waals surface area contributed by atoms with Gasteiger partial charge in [0.15, 0.2) is 11.6 Å². The molecule has 0 spiro atoms. The first-order valence-corrected chi connectivity index (χ1v) is 7.28. The zero-order valence-corrected chi connectivity index (χ0v) is 13.1. The Balaban J connectivity index is 2.11. The molecule has 0 aliphatic heterocycles. The van der Waals surface area contributed by atoms with Crippen LogP contribution in [0.5, 0.6) is 0 Å². The molecule has 0 atom stereocenters. The van der Waals surface area contributed by atoms with E-state index in [-0.39, 0.29) is 41.2 Å². The van der Waals surface area contributed by atoms with Crippen molar-refractivity contribution in [2.45, 2.75) is 33.6 Å². The van der Waals surface area contributed by atoms with Crippen molar-refractivity contribution in [3.63, 3.8) is 0 Å². The minimum atomic E-state index is -0.332. The largest absolute Gasteiger partial charge is 0.507 e. The van der Waals surface area contributed by atoms with E-state index in [9.17, 15) is 14.7 Å². The van der Waals surface area contributed by atoms with Gasteiger partial charge in [-0.25, -0.2) is 0 Å². The second kappa shape index (κ2) is 6.18. The Bertz CT molecular complexity index is 629. The van der Waals surface area contributed by atoms with Crippen LogP contribution >= 0.6 is 0 Å². The molecule has 1 aliphatic carbocycles. The van der Waals surface area contributed by atoms with Gasteiger partial charge >= 0.3 is 0 Å². The molecule has 116 valence electrons. The second-order valence-electron chi connectivity index (χ2n) is 6.47. The maximum atomic E-state index is 12.0. The van der Waals surface area contributed by atoms with E-state index in [4.69, 9.17) is 0 Å². The lowest BCUT2D eigenvalue weighted by molar-refractivity contribution is -0.127. The number of rotatable bonds is 3. The van der Waals surface area contributed by atoms with Gasteiger partial charge in [0.2, 0.25) is 0 Å². The van der Waals surface area contributed by atoms with Gasteiger partial charge in [-0.05, 0) is 30.5 Å². The lowest BCUT2D eigenvalue weighted by Gasteiger charge is -2.28. The Morgan fingerprint density at radius 3 is 2.23 bits per heavy atom. The summed E-state index contributed by atoms with van der Waals surface area (Å²) in [6.45, 7) is 5.76. The molecule has 4 nitrogen and oxygen atoms in total. The molecule has 0 amide bonds. The van der Waals surface area contributed by atoms with E-state index in [0.29, 0.717) is 0 Å². The third kappa shape index (κ3) is 3.85. The first-order chi connectivity index (χ1) is 10.3. The van der Waals surface area contributed by atoms with Gasteiger partial charge in [0.25, 0.3) is 0 Å².